The Kier molecular flexibility index (Phi) is 1.63. The summed E-state index contributed by atoms with van der Waals surface area (Å²) in [5.41, 5.74) is -0.993. The first-order valence-corrected chi connectivity index (χ1v) is 5.64. The van der Waals surface area contributed by atoms with E-state index in [1.54, 1.807) is 0 Å². The molecule has 1 saturated heterocycles. The third-order valence-electron chi connectivity index (χ3n) is 4.86. The summed E-state index contributed by atoms with van der Waals surface area (Å²) in [5, 5.41) is 11.8. The topological polar surface area (TPSA) is 66.4 Å². The molecule has 1 heterocycles. The van der Waals surface area contributed by atoms with Crippen LogP contribution in [0.25, 0.3) is 0 Å². The third-order valence-corrected chi connectivity index (χ3v) is 4.86. The highest BCUT2D eigenvalue weighted by atomic mass is 16.3. The molecule has 0 spiro atoms. The number of carbonyl (C=O) groups is 2. The van der Waals surface area contributed by atoms with Crippen LogP contribution in [0.15, 0.2) is 0 Å². The minimum atomic E-state index is -0.545. The second kappa shape index (κ2) is 2.61. The molecule has 3 atom stereocenters. The van der Waals surface area contributed by atoms with Gasteiger partial charge in [-0.15, -0.1) is 0 Å². The van der Waals surface area contributed by atoms with Crippen molar-refractivity contribution in [2.24, 2.45) is 16.7 Å². The fourth-order valence-electron chi connectivity index (χ4n) is 4.12. The Morgan fingerprint density at radius 1 is 1.27 bits per heavy atom. The Labute approximate surface area is 88.0 Å². The second-order valence-corrected chi connectivity index (χ2v) is 5.13. The summed E-state index contributed by atoms with van der Waals surface area (Å²) in [4.78, 5) is 23.8. The van der Waals surface area contributed by atoms with Crippen molar-refractivity contribution < 1.29 is 14.7 Å². The summed E-state index contributed by atoms with van der Waals surface area (Å²) in [5.74, 6) is -0.210. The van der Waals surface area contributed by atoms with Gasteiger partial charge in [-0.2, -0.15) is 0 Å². The van der Waals surface area contributed by atoms with Crippen molar-refractivity contribution in [3.05, 3.63) is 0 Å². The highest BCUT2D eigenvalue weighted by Crippen LogP contribution is 2.70. The van der Waals surface area contributed by atoms with Gasteiger partial charge < -0.3 is 5.11 Å². The normalized spacial score (nSPS) is 47.9. The molecular formula is C11H15NO3. The molecule has 0 unspecified atom stereocenters. The van der Waals surface area contributed by atoms with Crippen LogP contribution in [-0.2, 0) is 9.59 Å². The summed E-state index contributed by atoms with van der Waals surface area (Å²) >= 11 is 0. The molecule has 15 heavy (non-hydrogen) atoms. The van der Waals surface area contributed by atoms with Gasteiger partial charge in [0, 0.05) is 6.61 Å². The summed E-state index contributed by atoms with van der Waals surface area (Å²) in [7, 11) is 0. The van der Waals surface area contributed by atoms with Crippen molar-refractivity contribution in [2.45, 2.75) is 32.1 Å². The fourth-order valence-corrected chi connectivity index (χ4v) is 4.12. The van der Waals surface area contributed by atoms with Crippen LogP contribution >= 0.6 is 0 Å². The van der Waals surface area contributed by atoms with Gasteiger partial charge in [0.25, 0.3) is 0 Å². The quantitative estimate of drug-likeness (QED) is 0.606. The van der Waals surface area contributed by atoms with Crippen molar-refractivity contribution in [1.29, 1.82) is 0 Å². The zero-order valence-electron chi connectivity index (χ0n) is 8.58. The maximum Gasteiger partial charge on any atom is 0.234 e. The van der Waals surface area contributed by atoms with Crippen LogP contribution in [0.3, 0.4) is 0 Å². The molecule has 3 fully saturated rings. The highest BCUT2D eigenvalue weighted by molar-refractivity contribution is 6.11. The third kappa shape index (κ3) is 0.759. The largest absolute Gasteiger partial charge is 0.396 e. The van der Waals surface area contributed by atoms with E-state index < -0.39 is 10.8 Å². The lowest BCUT2D eigenvalue weighted by Gasteiger charge is -2.59. The monoisotopic (exact) mass is 209 g/mol. The average molecular weight is 209 g/mol. The van der Waals surface area contributed by atoms with Crippen LogP contribution < -0.4 is 5.32 Å². The van der Waals surface area contributed by atoms with Crippen LogP contribution in [0.4, 0.5) is 0 Å². The van der Waals surface area contributed by atoms with Gasteiger partial charge in [0.2, 0.25) is 11.8 Å². The molecule has 4 nitrogen and oxygen atoms in total. The van der Waals surface area contributed by atoms with Gasteiger partial charge in [-0.25, -0.2) is 0 Å². The summed E-state index contributed by atoms with van der Waals surface area (Å²) in [6.45, 7) is 0.0302. The van der Waals surface area contributed by atoms with E-state index in [-0.39, 0.29) is 24.3 Å². The van der Waals surface area contributed by atoms with Gasteiger partial charge in [0.05, 0.1) is 10.8 Å². The van der Waals surface area contributed by atoms with Gasteiger partial charge in [0.15, 0.2) is 0 Å². The second-order valence-electron chi connectivity index (χ2n) is 5.13. The number of hydrogen-bond donors (Lipinski definition) is 2. The molecule has 2 amide bonds. The van der Waals surface area contributed by atoms with Crippen molar-refractivity contribution in [2.75, 3.05) is 6.61 Å². The molecule has 4 heteroatoms. The maximum absolute atomic E-state index is 11.9. The van der Waals surface area contributed by atoms with Crippen molar-refractivity contribution >= 4 is 11.8 Å². The number of rotatable bonds is 1. The number of nitrogens with one attached hydrogen (secondary N) is 1. The Bertz CT molecular complexity index is 354. The fraction of sp³-hybridized carbons (Fsp3) is 0.818. The number of aliphatic hydroxyl groups excluding tert-OH is 1. The first kappa shape index (κ1) is 9.33. The molecule has 82 valence electrons. The van der Waals surface area contributed by atoms with E-state index in [1.165, 1.54) is 0 Å². The molecule has 0 aromatic rings. The smallest absolute Gasteiger partial charge is 0.234 e. The number of carbonyl (C=O) groups excluding carboxylic acids is 2. The van der Waals surface area contributed by atoms with Crippen LogP contribution in [0, 0.1) is 16.7 Å². The molecule has 3 rings (SSSR count). The molecule has 0 bridgehead atoms. The van der Waals surface area contributed by atoms with Gasteiger partial charge in [-0.05, 0) is 25.2 Å². The first-order chi connectivity index (χ1) is 7.17. The van der Waals surface area contributed by atoms with Crippen LogP contribution in [0.1, 0.15) is 32.1 Å². The summed E-state index contributed by atoms with van der Waals surface area (Å²) in [6, 6.07) is 0. The molecule has 1 aliphatic heterocycles. The lowest BCUT2D eigenvalue weighted by Crippen LogP contribution is -2.63. The molecule has 0 aromatic carbocycles. The molecule has 2 saturated carbocycles. The van der Waals surface area contributed by atoms with E-state index in [0.717, 1.165) is 25.7 Å². The standard InChI is InChI=1S/C11H15NO3/c13-6-7-5-10-3-1-2-4-11(7,10)9(15)12-8(10)14/h7,13H,1-6H2,(H,12,14,15)/t7-,10-,11+/m1/s1. The van der Waals surface area contributed by atoms with Gasteiger partial charge in [-0.1, -0.05) is 12.8 Å². The Hall–Kier alpha value is -0.900. The van der Waals surface area contributed by atoms with E-state index in [0.29, 0.717) is 6.42 Å². The van der Waals surface area contributed by atoms with E-state index in [4.69, 9.17) is 0 Å². The maximum atomic E-state index is 11.9. The van der Waals surface area contributed by atoms with Crippen molar-refractivity contribution in [3.8, 4) is 0 Å². The number of aliphatic hydroxyl groups is 1. The Morgan fingerprint density at radius 3 is 2.73 bits per heavy atom. The molecule has 3 aliphatic rings. The highest BCUT2D eigenvalue weighted by Gasteiger charge is 2.76. The molecule has 2 aliphatic carbocycles. The zero-order valence-corrected chi connectivity index (χ0v) is 8.58. The van der Waals surface area contributed by atoms with E-state index in [1.807, 2.05) is 0 Å². The van der Waals surface area contributed by atoms with Gasteiger partial charge >= 0.3 is 0 Å². The first-order valence-electron chi connectivity index (χ1n) is 5.64. The van der Waals surface area contributed by atoms with Gasteiger partial charge in [-0.3, -0.25) is 14.9 Å². The van der Waals surface area contributed by atoms with Crippen LogP contribution in [0.5, 0.6) is 0 Å². The lowest BCUT2D eigenvalue weighted by molar-refractivity contribution is -0.183. The molecule has 0 radical (unpaired) electrons. The van der Waals surface area contributed by atoms with E-state index >= 15 is 0 Å². The Morgan fingerprint density at radius 2 is 2.00 bits per heavy atom. The number of hydrogen-bond acceptors (Lipinski definition) is 3. The minimum absolute atomic E-state index is 0.00394. The zero-order chi connectivity index (χ0) is 10.7. The van der Waals surface area contributed by atoms with Crippen LogP contribution in [0.2, 0.25) is 0 Å². The lowest BCUT2D eigenvalue weighted by atomic mass is 9.40. The minimum Gasteiger partial charge on any atom is -0.396 e. The predicted octanol–water partition coefficient (Wildman–Crippen LogP) is 0.202. The average Bonchev–Trinajstić information content (AvgIpc) is 2.37. The molecule has 0 aromatic heterocycles. The molecule has 2 N–H and O–H groups in total. The van der Waals surface area contributed by atoms with Crippen molar-refractivity contribution in [1.82, 2.24) is 5.32 Å². The number of amides is 2. The Balaban J connectivity index is 2.09. The predicted molar refractivity (Wildman–Crippen MR) is 51.7 cm³/mol. The SMILES string of the molecule is O=C1NC(=O)[C@@]23CCCC[C@@]12C[C@@H]3CO. The van der Waals surface area contributed by atoms with Crippen LogP contribution in [-0.4, -0.2) is 23.5 Å². The summed E-state index contributed by atoms with van der Waals surface area (Å²) < 4.78 is 0. The van der Waals surface area contributed by atoms with Crippen molar-refractivity contribution in [3.63, 3.8) is 0 Å². The van der Waals surface area contributed by atoms with E-state index in [9.17, 15) is 14.7 Å². The van der Waals surface area contributed by atoms with Gasteiger partial charge in [0.1, 0.15) is 0 Å². The number of imide groups is 1. The van der Waals surface area contributed by atoms with E-state index in [2.05, 4.69) is 5.32 Å². The molecular weight excluding hydrogens is 194 g/mol. The summed E-state index contributed by atoms with van der Waals surface area (Å²) in [6.07, 6.45) is 4.32.